The predicted octanol–water partition coefficient (Wildman–Crippen LogP) is 4.09. The molecule has 0 fully saturated rings. The van der Waals surface area contributed by atoms with Gasteiger partial charge < -0.3 is 15.8 Å². The number of hydrogen-bond acceptors (Lipinski definition) is 6. The summed E-state index contributed by atoms with van der Waals surface area (Å²) in [6, 6.07) is 16.1. The molecule has 0 unspecified atom stereocenters. The van der Waals surface area contributed by atoms with Crippen molar-refractivity contribution in [1.29, 1.82) is 0 Å². The first kappa shape index (κ1) is 19.5. The van der Waals surface area contributed by atoms with Crippen LogP contribution in [-0.4, -0.2) is 23.6 Å². The lowest BCUT2D eigenvalue weighted by Gasteiger charge is -2.07. The third-order valence-corrected chi connectivity index (χ3v) is 4.87. The van der Waals surface area contributed by atoms with Crippen molar-refractivity contribution in [1.82, 2.24) is 4.98 Å². The minimum atomic E-state index is -0.528. The number of aromatic nitrogens is 1. The summed E-state index contributed by atoms with van der Waals surface area (Å²) >= 11 is 1.16. The molecule has 144 valence electrons. The van der Waals surface area contributed by atoms with E-state index < -0.39 is 12.0 Å². The van der Waals surface area contributed by atoms with Gasteiger partial charge in [0.2, 0.25) is 0 Å². The molecule has 28 heavy (non-hydrogen) atoms. The Hall–Kier alpha value is -3.23. The molecule has 7 nitrogen and oxygen atoms in total. The number of hydrogen-bond donors (Lipinski definition) is 3. The Bertz CT molecular complexity index is 955. The maximum Gasteiger partial charge on any atom is 0.352 e. The molecule has 1 aromatic heterocycles. The molecule has 2 aromatic carbocycles. The van der Waals surface area contributed by atoms with Crippen LogP contribution in [0.4, 0.5) is 16.3 Å². The van der Waals surface area contributed by atoms with Crippen LogP contribution in [0.3, 0.4) is 0 Å². The van der Waals surface area contributed by atoms with E-state index in [0.29, 0.717) is 17.2 Å². The molecule has 0 spiro atoms. The van der Waals surface area contributed by atoms with Crippen LogP contribution in [0, 0.1) is 0 Å². The molecule has 0 saturated heterocycles. The number of esters is 1. The van der Waals surface area contributed by atoms with Gasteiger partial charge in [-0.15, -0.1) is 11.3 Å². The lowest BCUT2D eigenvalue weighted by molar-refractivity contribution is 0.0533. The maximum absolute atomic E-state index is 12.3. The second kappa shape index (κ2) is 9.12. The van der Waals surface area contributed by atoms with Gasteiger partial charge >= 0.3 is 12.0 Å². The van der Waals surface area contributed by atoms with Crippen molar-refractivity contribution in [3.8, 4) is 10.6 Å². The molecule has 0 atom stereocenters. The zero-order valence-electron chi connectivity index (χ0n) is 15.3. The fourth-order valence-corrected chi connectivity index (χ4v) is 3.36. The normalized spacial score (nSPS) is 10.4. The van der Waals surface area contributed by atoms with Crippen LogP contribution in [-0.2, 0) is 11.3 Å². The summed E-state index contributed by atoms with van der Waals surface area (Å²) in [5.74, 6) is -0.366. The molecule has 0 saturated carbocycles. The highest BCUT2D eigenvalue weighted by atomic mass is 32.1. The van der Waals surface area contributed by atoms with Gasteiger partial charge in [-0.2, -0.15) is 0 Å². The Morgan fingerprint density at radius 1 is 1.07 bits per heavy atom. The fourth-order valence-electron chi connectivity index (χ4n) is 2.44. The summed E-state index contributed by atoms with van der Waals surface area (Å²) < 4.78 is 5.10. The molecule has 2 amide bonds. The summed E-state index contributed by atoms with van der Waals surface area (Å²) in [6.45, 7) is 2.40. The number of anilines is 2. The number of nitrogens with two attached hydrogens (primary N) is 1. The number of nitrogens with zero attached hydrogens (tertiary/aromatic N) is 1. The van der Waals surface area contributed by atoms with E-state index in [2.05, 4.69) is 15.6 Å². The topological polar surface area (TPSA) is 106 Å². The number of urea groups is 1. The van der Waals surface area contributed by atoms with Gasteiger partial charge in [0.25, 0.3) is 0 Å². The number of thiazole rings is 1. The minimum Gasteiger partial charge on any atom is -0.462 e. The van der Waals surface area contributed by atoms with E-state index in [4.69, 9.17) is 10.5 Å². The molecule has 0 radical (unpaired) electrons. The standard InChI is InChI=1S/C20H20N4O3S/c1-2-27-19(25)16-17(24-20(26)22-15-6-4-3-5-7-15)23-18(28-16)14-10-8-13(12-21)9-11-14/h3-11H,2,12,21H2,1H3,(H2,22,24,26). The average molecular weight is 396 g/mol. The second-order valence-corrected chi connectivity index (χ2v) is 6.76. The number of ether oxygens (including phenoxy) is 1. The van der Waals surface area contributed by atoms with Crippen LogP contribution in [0.5, 0.6) is 0 Å². The number of benzene rings is 2. The molecule has 0 aliphatic heterocycles. The molecule has 0 bridgehead atoms. The van der Waals surface area contributed by atoms with E-state index in [-0.39, 0.29) is 17.3 Å². The van der Waals surface area contributed by atoms with Gasteiger partial charge in [0.15, 0.2) is 10.7 Å². The fraction of sp³-hybridized carbons (Fsp3) is 0.150. The third kappa shape index (κ3) is 4.73. The number of carbonyl (C=O) groups is 2. The number of amides is 2. The lowest BCUT2D eigenvalue weighted by atomic mass is 10.1. The molecule has 4 N–H and O–H groups in total. The zero-order valence-corrected chi connectivity index (χ0v) is 16.1. The van der Waals surface area contributed by atoms with Crippen LogP contribution in [0.1, 0.15) is 22.2 Å². The van der Waals surface area contributed by atoms with Gasteiger partial charge in [-0.1, -0.05) is 42.5 Å². The first-order chi connectivity index (χ1) is 13.6. The van der Waals surface area contributed by atoms with Gasteiger partial charge in [-0.3, -0.25) is 5.32 Å². The molecular weight excluding hydrogens is 376 g/mol. The molecule has 0 aliphatic rings. The number of rotatable bonds is 6. The Balaban J connectivity index is 1.86. The molecule has 8 heteroatoms. The zero-order chi connectivity index (χ0) is 19.9. The Morgan fingerprint density at radius 3 is 2.43 bits per heavy atom. The van der Waals surface area contributed by atoms with E-state index in [1.807, 2.05) is 42.5 Å². The summed E-state index contributed by atoms with van der Waals surface area (Å²) in [6.07, 6.45) is 0. The summed E-state index contributed by atoms with van der Waals surface area (Å²) in [5.41, 5.74) is 8.07. The Kier molecular flexibility index (Phi) is 6.36. The molecule has 1 heterocycles. The highest BCUT2D eigenvalue weighted by Crippen LogP contribution is 2.32. The number of nitrogens with one attached hydrogen (secondary N) is 2. The van der Waals surface area contributed by atoms with Gasteiger partial charge in [0, 0.05) is 17.8 Å². The molecule has 0 aliphatic carbocycles. The van der Waals surface area contributed by atoms with Crippen LogP contribution < -0.4 is 16.4 Å². The monoisotopic (exact) mass is 396 g/mol. The van der Waals surface area contributed by atoms with Gasteiger partial charge in [0.1, 0.15) is 5.01 Å². The van der Waals surface area contributed by atoms with Crippen molar-refractivity contribution in [2.24, 2.45) is 5.73 Å². The Labute approximate surface area is 166 Å². The second-order valence-electron chi connectivity index (χ2n) is 5.76. The molecular formula is C20H20N4O3S. The molecule has 3 rings (SSSR count). The van der Waals surface area contributed by atoms with Gasteiger partial charge in [-0.25, -0.2) is 14.6 Å². The number of carbonyl (C=O) groups excluding carboxylic acids is 2. The van der Waals surface area contributed by atoms with Crippen molar-refractivity contribution in [2.75, 3.05) is 17.2 Å². The van der Waals surface area contributed by atoms with E-state index in [9.17, 15) is 9.59 Å². The summed E-state index contributed by atoms with van der Waals surface area (Å²) in [4.78, 5) is 29.3. The van der Waals surface area contributed by atoms with Crippen LogP contribution in [0.2, 0.25) is 0 Å². The van der Waals surface area contributed by atoms with E-state index in [1.165, 1.54) is 0 Å². The summed E-state index contributed by atoms with van der Waals surface area (Å²) in [5, 5.41) is 5.94. The van der Waals surface area contributed by atoms with E-state index in [0.717, 1.165) is 22.5 Å². The average Bonchev–Trinajstić information content (AvgIpc) is 3.12. The third-order valence-electron chi connectivity index (χ3n) is 3.79. The predicted molar refractivity (Wildman–Crippen MR) is 110 cm³/mol. The van der Waals surface area contributed by atoms with E-state index in [1.54, 1.807) is 19.1 Å². The van der Waals surface area contributed by atoms with Crippen molar-refractivity contribution in [3.63, 3.8) is 0 Å². The summed E-state index contributed by atoms with van der Waals surface area (Å²) in [7, 11) is 0. The highest BCUT2D eigenvalue weighted by molar-refractivity contribution is 7.17. The van der Waals surface area contributed by atoms with Crippen molar-refractivity contribution < 1.29 is 14.3 Å². The van der Waals surface area contributed by atoms with Gasteiger partial charge in [-0.05, 0) is 24.6 Å². The minimum absolute atomic E-state index is 0.162. The van der Waals surface area contributed by atoms with Gasteiger partial charge in [0.05, 0.1) is 6.61 Å². The SMILES string of the molecule is CCOC(=O)c1sc(-c2ccc(CN)cc2)nc1NC(=O)Nc1ccccc1. The first-order valence-electron chi connectivity index (χ1n) is 8.71. The van der Waals surface area contributed by atoms with Crippen molar-refractivity contribution in [2.45, 2.75) is 13.5 Å². The Morgan fingerprint density at radius 2 is 1.79 bits per heavy atom. The highest BCUT2D eigenvalue weighted by Gasteiger charge is 2.21. The maximum atomic E-state index is 12.3. The van der Waals surface area contributed by atoms with Crippen LogP contribution in [0.15, 0.2) is 54.6 Å². The first-order valence-corrected chi connectivity index (χ1v) is 9.52. The molecule has 3 aromatic rings. The van der Waals surface area contributed by atoms with Crippen molar-refractivity contribution in [3.05, 3.63) is 65.0 Å². The number of para-hydroxylation sites is 1. The van der Waals surface area contributed by atoms with Crippen LogP contribution >= 0.6 is 11.3 Å². The van der Waals surface area contributed by atoms with Crippen LogP contribution in [0.25, 0.3) is 10.6 Å². The quantitative estimate of drug-likeness (QED) is 0.544. The smallest absolute Gasteiger partial charge is 0.352 e. The van der Waals surface area contributed by atoms with Crippen molar-refractivity contribution >= 4 is 34.8 Å². The van der Waals surface area contributed by atoms with E-state index >= 15 is 0 Å². The largest absolute Gasteiger partial charge is 0.462 e. The lowest BCUT2D eigenvalue weighted by Crippen LogP contribution is -2.21.